The SMILES string of the molecule is CCS(=O)(=O)NC(=O)Cc1cc(C)n(Cc2cc(Cl)cc3cc(-c4ccccc4)nn23)n1. The van der Waals surface area contributed by atoms with Crippen molar-refractivity contribution in [2.24, 2.45) is 0 Å². The van der Waals surface area contributed by atoms with E-state index in [0.717, 1.165) is 28.2 Å². The van der Waals surface area contributed by atoms with E-state index in [-0.39, 0.29) is 12.2 Å². The molecule has 0 saturated carbocycles. The highest BCUT2D eigenvalue weighted by molar-refractivity contribution is 7.90. The van der Waals surface area contributed by atoms with Crippen LogP contribution in [-0.4, -0.2) is 39.5 Å². The van der Waals surface area contributed by atoms with E-state index in [1.165, 1.54) is 6.92 Å². The third-order valence-electron chi connectivity index (χ3n) is 5.00. The van der Waals surface area contributed by atoms with Crippen LogP contribution in [0.2, 0.25) is 5.02 Å². The molecule has 0 unspecified atom stereocenters. The van der Waals surface area contributed by atoms with Gasteiger partial charge < -0.3 is 0 Å². The molecule has 0 bridgehead atoms. The third kappa shape index (κ3) is 4.84. The lowest BCUT2D eigenvalue weighted by atomic mass is 10.1. The Bertz CT molecular complexity index is 1390. The van der Waals surface area contributed by atoms with Crippen LogP contribution in [0.4, 0.5) is 0 Å². The number of hydrogen-bond donors (Lipinski definition) is 1. The summed E-state index contributed by atoms with van der Waals surface area (Å²) in [7, 11) is -3.60. The van der Waals surface area contributed by atoms with Crippen molar-refractivity contribution >= 4 is 33.0 Å². The number of nitrogens with one attached hydrogen (secondary N) is 1. The number of carbonyl (C=O) groups is 1. The van der Waals surface area contributed by atoms with Gasteiger partial charge in [0.25, 0.3) is 0 Å². The Labute approximate surface area is 190 Å². The number of pyridine rings is 1. The van der Waals surface area contributed by atoms with Crippen LogP contribution in [0.15, 0.2) is 54.6 Å². The fourth-order valence-corrected chi connectivity index (χ4v) is 4.22. The van der Waals surface area contributed by atoms with Gasteiger partial charge >= 0.3 is 0 Å². The maximum absolute atomic E-state index is 12.1. The summed E-state index contributed by atoms with van der Waals surface area (Å²) in [6.45, 7) is 3.73. The molecular formula is C22H22ClN5O3S. The maximum atomic E-state index is 12.1. The van der Waals surface area contributed by atoms with Gasteiger partial charge in [-0.3, -0.25) is 14.2 Å². The van der Waals surface area contributed by atoms with Gasteiger partial charge in [-0.2, -0.15) is 10.2 Å². The van der Waals surface area contributed by atoms with Gasteiger partial charge in [0, 0.05) is 16.3 Å². The second-order valence-corrected chi connectivity index (χ2v) is 9.88. The fourth-order valence-electron chi connectivity index (χ4n) is 3.42. The first-order valence-corrected chi connectivity index (χ1v) is 12.1. The van der Waals surface area contributed by atoms with Gasteiger partial charge in [-0.05, 0) is 38.1 Å². The standard InChI is InChI=1S/C22H22ClN5O3S/c1-3-32(30,31)26-22(29)12-18-9-15(2)27(24-18)14-20-11-17(23)10-19-13-21(25-28(19)20)16-7-5-4-6-8-16/h4-11,13H,3,12,14H2,1-2H3,(H,26,29). The van der Waals surface area contributed by atoms with Crippen LogP contribution >= 0.6 is 11.6 Å². The molecule has 0 spiro atoms. The molecule has 1 aromatic carbocycles. The fraction of sp³-hybridized carbons (Fsp3) is 0.227. The molecule has 0 radical (unpaired) electrons. The van der Waals surface area contributed by atoms with Crippen molar-refractivity contribution < 1.29 is 13.2 Å². The molecule has 0 aliphatic carbocycles. The zero-order valence-electron chi connectivity index (χ0n) is 17.6. The van der Waals surface area contributed by atoms with Gasteiger partial charge in [-0.15, -0.1) is 0 Å². The van der Waals surface area contributed by atoms with E-state index in [1.54, 1.807) is 10.7 Å². The quantitative estimate of drug-likeness (QED) is 0.446. The van der Waals surface area contributed by atoms with Crippen molar-refractivity contribution in [2.45, 2.75) is 26.8 Å². The lowest BCUT2D eigenvalue weighted by molar-refractivity contribution is -0.118. The zero-order valence-corrected chi connectivity index (χ0v) is 19.2. The molecule has 166 valence electrons. The highest BCUT2D eigenvalue weighted by atomic mass is 35.5. The summed E-state index contributed by atoms with van der Waals surface area (Å²) in [6.07, 6.45) is -0.127. The Kier molecular flexibility index (Phi) is 6.03. The van der Waals surface area contributed by atoms with Gasteiger partial charge in [0.2, 0.25) is 15.9 Å². The third-order valence-corrected chi connectivity index (χ3v) is 6.52. The average molecular weight is 472 g/mol. The summed E-state index contributed by atoms with van der Waals surface area (Å²) in [5, 5.41) is 9.80. The minimum Gasteiger partial charge on any atom is -0.274 e. The lowest BCUT2D eigenvalue weighted by Gasteiger charge is -2.08. The molecule has 1 amide bonds. The highest BCUT2D eigenvalue weighted by Gasteiger charge is 2.16. The predicted octanol–water partition coefficient (Wildman–Crippen LogP) is 3.22. The summed E-state index contributed by atoms with van der Waals surface area (Å²) < 4.78 is 28.8. The Hall–Kier alpha value is -3.17. The first kappa shape index (κ1) is 22.0. The van der Waals surface area contributed by atoms with Crippen LogP contribution in [0.1, 0.15) is 24.0 Å². The predicted molar refractivity (Wildman–Crippen MR) is 123 cm³/mol. The van der Waals surface area contributed by atoms with Gasteiger partial charge in [0.15, 0.2) is 0 Å². The average Bonchev–Trinajstić information content (AvgIpc) is 3.31. The molecule has 32 heavy (non-hydrogen) atoms. The highest BCUT2D eigenvalue weighted by Crippen LogP contribution is 2.24. The number of aromatic nitrogens is 4. The number of halogens is 1. The van der Waals surface area contributed by atoms with Gasteiger partial charge in [0.05, 0.1) is 41.3 Å². The van der Waals surface area contributed by atoms with Crippen molar-refractivity contribution in [2.75, 3.05) is 5.75 Å². The summed E-state index contributed by atoms with van der Waals surface area (Å²) in [4.78, 5) is 12.1. The molecule has 3 heterocycles. The summed E-state index contributed by atoms with van der Waals surface area (Å²) in [5.74, 6) is -0.771. The van der Waals surface area contributed by atoms with Gasteiger partial charge in [0.1, 0.15) is 0 Å². The number of fused-ring (bicyclic) bond motifs is 1. The Morgan fingerprint density at radius 1 is 1.09 bits per heavy atom. The first-order chi connectivity index (χ1) is 15.2. The summed E-state index contributed by atoms with van der Waals surface area (Å²) >= 11 is 6.35. The van der Waals surface area contributed by atoms with E-state index in [2.05, 4.69) is 5.10 Å². The minimum atomic E-state index is -3.60. The van der Waals surface area contributed by atoms with Crippen LogP contribution in [0.3, 0.4) is 0 Å². The molecule has 0 atom stereocenters. The Morgan fingerprint density at radius 2 is 1.84 bits per heavy atom. The Balaban J connectivity index is 1.61. The van der Waals surface area contributed by atoms with Crippen LogP contribution < -0.4 is 4.72 Å². The van der Waals surface area contributed by atoms with E-state index in [1.807, 2.05) is 64.7 Å². The molecule has 8 nitrogen and oxygen atoms in total. The minimum absolute atomic E-state index is 0.127. The molecule has 4 rings (SSSR count). The molecule has 0 aliphatic heterocycles. The first-order valence-electron chi connectivity index (χ1n) is 10.0. The Morgan fingerprint density at radius 3 is 2.56 bits per heavy atom. The van der Waals surface area contributed by atoms with Crippen molar-refractivity contribution in [3.8, 4) is 11.3 Å². The second kappa shape index (κ2) is 8.76. The number of sulfonamides is 1. The van der Waals surface area contributed by atoms with E-state index >= 15 is 0 Å². The molecule has 0 fully saturated rings. The molecule has 0 saturated heterocycles. The number of hydrogen-bond acceptors (Lipinski definition) is 5. The van der Waals surface area contributed by atoms with Gasteiger partial charge in [-0.1, -0.05) is 41.9 Å². The number of carbonyl (C=O) groups excluding carboxylic acids is 1. The van der Waals surface area contributed by atoms with Crippen molar-refractivity contribution in [3.05, 3.63) is 76.7 Å². The molecule has 0 aliphatic rings. The van der Waals surface area contributed by atoms with Crippen LogP contribution in [0.5, 0.6) is 0 Å². The molecule has 3 aromatic heterocycles. The monoisotopic (exact) mass is 471 g/mol. The van der Waals surface area contributed by atoms with E-state index in [4.69, 9.17) is 16.7 Å². The van der Waals surface area contributed by atoms with Crippen molar-refractivity contribution in [1.29, 1.82) is 0 Å². The molecule has 1 N–H and O–H groups in total. The number of amides is 1. The molecule has 10 heteroatoms. The van der Waals surface area contributed by atoms with Crippen LogP contribution in [0, 0.1) is 6.92 Å². The van der Waals surface area contributed by atoms with Gasteiger partial charge in [-0.25, -0.2) is 12.9 Å². The van der Waals surface area contributed by atoms with Crippen molar-refractivity contribution in [3.63, 3.8) is 0 Å². The molecule has 4 aromatic rings. The van der Waals surface area contributed by atoms with E-state index in [9.17, 15) is 13.2 Å². The lowest BCUT2D eigenvalue weighted by Crippen LogP contribution is -2.33. The normalized spacial score (nSPS) is 11.7. The second-order valence-electron chi connectivity index (χ2n) is 7.44. The smallest absolute Gasteiger partial charge is 0.239 e. The van der Waals surface area contributed by atoms with E-state index < -0.39 is 15.9 Å². The topological polar surface area (TPSA) is 98.4 Å². The zero-order chi connectivity index (χ0) is 22.9. The largest absolute Gasteiger partial charge is 0.274 e. The molecular weight excluding hydrogens is 450 g/mol. The number of aryl methyl sites for hydroxylation is 1. The maximum Gasteiger partial charge on any atom is 0.239 e. The number of benzene rings is 1. The van der Waals surface area contributed by atoms with Crippen LogP contribution in [-0.2, 0) is 27.8 Å². The summed E-state index contributed by atoms with van der Waals surface area (Å²) in [6, 6.07) is 17.3. The summed E-state index contributed by atoms with van der Waals surface area (Å²) in [5.41, 5.74) is 4.83. The van der Waals surface area contributed by atoms with E-state index in [0.29, 0.717) is 17.3 Å². The van der Waals surface area contributed by atoms with Crippen molar-refractivity contribution in [1.82, 2.24) is 24.1 Å². The number of rotatable bonds is 7. The van der Waals surface area contributed by atoms with Crippen LogP contribution in [0.25, 0.3) is 16.8 Å². The number of nitrogens with zero attached hydrogens (tertiary/aromatic N) is 4.